The van der Waals surface area contributed by atoms with E-state index in [4.69, 9.17) is 0 Å². The first-order valence-electron chi connectivity index (χ1n) is 9.33. The number of allylic oxidation sites excluding steroid dienone is 4. The predicted molar refractivity (Wildman–Crippen MR) is 102 cm³/mol. The Morgan fingerprint density at radius 1 is 0.920 bits per heavy atom. The Kier molecular flexibility index (Phi) is 15.9. The molecule has 0 aromatic carbocycles. The topological polar surface area (TPSA) is 80.4 Å². The third kappa shape index (κ3) is 14.3. The molecule has 0 saturated carbocycles. The summed E-state index contributed by atoms with van der Waals surface area (Å²) in [7, 11) is 0. The Morgan fingerprint density at radius 3 is 2.24 bits per heavy atom. The zero-order valence-electron chi connectivity index (χ0n) is 15.4. The van der Waals surface area contributed by atoms with Crippen LogP contribution < -0.4 is 0 Å². The summed E-state index contributed by atoms with van der Waals surface area (Å²) in [6.07, 6.45) is 19.5. The van der Waals surface area contributed by atoms with E-state index in [1.165, 1.54) is 19.3 Å². The number of hydrogen-bond donors (Lipinski definition) is 1. The van der Waals surface area contributed by atoms with Crippen molar-refractivity contribution in [2.24, 2.45) is 0 Å². The summed E-state index contributed by atoms with van der Waals surface area (Å²) in [5.41, 5.74) is 0. The van der Waals surface area contributed by atoms with Crippen LogP contribution in [-0.2, 0) is 4.79 Å². The highest BCUT2D eigenvalue weighted by Gasteiger charge is 2.27. The van der Waals surface area contributed by atoms with Crippen LogP contribution in [-0.4, -0.2) is 28.5 Å². The minimum Gasteiger partial charge on any atom is -0.386 e. The van der Waals surface area contributed by atoms with Crippen LogP contribution in [0.4, 0.5) is 0 Å². The summed E-state index contributed by atoms with van der Waals surface area (Å²) in [6, 6.07) is -0.982. The lowest BCUT2D eigenvalue weighted by Gasteiger charge is -2.12. The van der Waals surface area contributed by atoms with Crippen LogP contribution in [0.5, 0.6) is 0 Å². The molecule has 0 heterocycles. The summed E-state index contributed by atoms with van der Waals surface area (Å²) >= 11 is 0. The van der Waals surface area contributed by atoms with Crippen LogP contribution >= 0.6 is 0 Å². The summed E-state index contributed by atoms with van der Waals surface area (Å²) in [6.45, 7) is 2.18. The summed E-state index contributed by atoms with van der Waals surface area (Å²) in [5, 5.41) is 21.1. The Bertz CT molecular complexity index is 429. The zero-order valence-corrected chi connectivity index (χ0v) is 15.4. The van der Waals surface area contributed by atoms with Crippen LogP contribution in [0.3, 0.4) is 0 Å². The van der Waals surface area contributed by atoms with E-state index < -0.39 is 17.1 Å². The maximum absolute atomic E-state index is 11.1. The number of nitrogens with zero attached hydrogens (tertiary/aromatic N) is 1. The lowest BCUT2D eigenvalue weighted by molar-refractivity contribution is -0.533. The first-order valence-corrected chi connectivity index (χ1v) is 9.33. The molecule has 0 aromatic heterocycles. The van der Waals surface area contributed by atoms with E-state index >= 15 is 0 Å². The molecule has 25 heavy (non-hydrogen) atoms. The summed E-state index contributed by atoms with van der Waals surface area (Å²) in [4.78, 5) is 20.9. The van der Waals surface area contributed by atoms with Crippen LogP contribution in [0.2, 0.25) is 0 Å². The van der Waals surface area contributed by atoms with Gasteiger partial charge in [0.15, 0.2) is 0 Å². The van der Waals surface area contributed by atoms with Crippen molar-refractivity contribution in [3.8, 4) is 0 Å². The van der Waals surface area contributed by atoms with Gasteiger partial charge < -0.3 is 9.90 Å². The Morgan fingerprint density at radius 2 is 1.56 bits per heavy atom. The van der Waals surface area contributed by atoms with Gasteiger partial charge in [-0.3, -0.25) is 10.1 Å². The highest BCUT2D eigenvalue weighted by molar-refractivity contribution is 5.48. The van der Waals surface area contributed by atoms with Gasteiger partial charge >= 0.3 is 0 Å². The molecular formula is C20H33NO4. The maximum atomic E-state index is 11.1. The minimum absolute atomic E-state index is 0.233. The van der Waals surface area contributed by atoms with Crippen molar-refractivity contribution in [3.05, 3.63) is 46.6 Å². The van der Waals surface area contributed by atoms with Gasteiger partial charge in [-0.05, 0) is 38.5 Å². The number of nitro groups is 1. The second-order valence-electron chi connectivity index (χ2n) is 6.13. The van der Waals surface area contributed by atoms with Crippen molar-refractivity contribution < 1.29 is 14.8 Å². The van der Waals surface area contributed by atoms with Gasteiger partial charge in [0.05, 0.1) is 0 Å². The number of aliphatic hydroxyl groups excluding tert-OH is 1. The second kappa shape index (κ2) is 17.1. The van der Waals surface area contributed by atoms with Gasteiger partial charge in [0.1, 0.15) is 12.4 Å². The summed E-state index contributed by atoms with van der Waals surface area (Å²) in [5.74, 6) is 0. The van der Waals surface area contributed by atoms with Crippen molar-refractivity contribution >= 4 is 6.29 Å². The number of aldehydes is 1. The molecule has 0 aliphatic carbocycles. The fourth-order valence-electron chi connectivity index (χ4n) is 2.35. The molecule has 0 aliphatic rings. The average Bonchev–Trinajstić information content (AvgIpc) is 2.59. The van der Waals surface area contributed by atoms with E-state index in [0.29, 0.717) is 6.42 Å². The number of unbranched alkanes of at least 4 members (excludes halogenated alkanes) is 5. The molecule has 2 atom stereocenters. The molecule has 0 spiro atoms. The Balaban J connectivity index is 4.08. The number of aliphatic hydroxyl groups is 1. The number of carbonyl (C=O) groups excluding carboxylic acids is 1. The molecule has 0 aromatic rings. The minimum atomic E-state index is -0.994. The molecule has 5 heteroatoms. The first-order chi connectivity index (χ1) is 12.1. The highest BCUT2D eigenvalue weighted by Crippen LogP contribution is 2.10. The smallest absolute Gasteiger partial charge is 0.242 e. The molecule has 142 valence electrons. The normalized spacial score (nSPS) is 14.5. The van der Waals surface area contributed by atoms with E-state index in [9.17, 15) is 20.0 Å². The van der Waals surface area contributed by atoms with Gasteiger partial charge in [0, 0.05) is 17.8 Å². The Labute approximate surface area is 151 Å². The predicted octanol–water partition coefficient (Wildman–Crippen LogP) is 4.78. The lowest BCUT2D eigenvalue weighted by atomic mass is 10.0. The van der Waals surface area contributed by atoms with Crippen molar-refractivity contribution in [3.63, 3.8) is 0 Å². The quantitative estimate of drug-likeness (QED) is 0.143. The van der Waals surface area contributed by atoms with Gasteiger partial charge in [0.2, 0.25) is 6.04 Å². The van der Waals surface area contributed by atoms with Crippen molar-refractivity contribution in [2.75, 3.05) is 0 Å². The molecule has 0 saturated heterocycles. The van der Waals surface area contributed by atoms with E-state index in [-0.39, 0.29) is 12.8 Å². The number of hydrogen-bond acceptors (Lipinski definition) is 4. The molecule has 1 N–H and O–H groups in total. The number of carbonyl (C=O) groups is 1. The largest absolute Gasteiger partial charge is 0.386 e. The lowest BCUT2D eigenvalue weighted by Crippen LogP contribution is -2.32. The van der Waals surface area contributed by atoms with Crippen LogP contribution in [0, 0.1) is 10.1 Å². The fourth-order valence-corrected chi connectivity index (χ4v) is 2.35. The third-order valence-corrected chi connectivity index (χ3v) is 3.91. The van der Waals surface area contributed by atoms with E-state index in [2.05, 4.69) is 19.1 Å². The summed E-state index contributed by atoms with van der Waals surface area (Å²) < 4.78 is 0. The molecular weight excluding hydrogens is 318 g/mol. The SMILES string of the molecule is CCCCC/C=C\C/C=C\CC(C(O)C/C=C\CCCC=O)[N+](=O)[O-]. The van der Waals surface area contributed by atoms with Crippen molar-refractivity contribution in [1.82, 2.24) is 0 Å². The standard InChI is InChI=1S/C20H33NO4/c1-2-3-4-5-6-7-8-10-13-16-19(21(24)25)20(23)17-14-11-9-12-15-18-22/h6-7,10-11,13-14,18-20,23H,2-5,8-9,12,15-17H2,1H3/b7-6-,13-10-,14-11-. The van der Waals surface area contributed by atoms with Crippen LogP contribution in [0.25, 0.3) is 0 Å². The highest BCUT2D eigenvalue weighted by atomic mass is 16.6. The van der Waals surface area contributed by atoms with Gasteiger partial charge in [-0.2, -0.15) is 0 Å². The van der Waals surface area contributed by atoms with Gasteiger partial charge in [-0.25, -0.2) is 0 Å². The van der Waals surface area contributed by atoms with Crippen molar-refractivity contribution in [2.45, 2.75) is 83.3 Å². The Hall–Kier alpha value is -1.75. The maximum Gasteiger partial charge on any atom is 0.242 e. The molecule has 5 nitrogen and oxygen atoms in total. The second-order valence-corrected chi connectivity index (χ2v) is 6.13. The molecule has 0 fully saturated rings. The molecule has 0 aliphatic heterocycles. The average molecular weight is 351 g/mol. The zero-order chi connectivity index (χ0) is 18.8. The number of rotatable bonds is 16. The monoisotopic (exact) mass is 351 g/mol. The fraction of sp³-hybridized carbons (Fsp3) is 0.650. The third-order valence-electron chi connectivity index (χ3n) is 3.91. The molecule has 2 unspecified atom stereocenters. The van der Waals surface area contributed by atoms with Gasteiger partial charge in [-0.15, -0.1) is 0 Å². The molecule has 0 amide bonds. The molecule has 0 rings (SSSR count). The molecule has 0 bridgehead atoms. The first kappa shape index (κ1) is 23.2. The van der Waals surface area contributed by atoms with E-state index in [1.54, 1.807) is 12.2 Å². The van der Waals surface area contributed by atoms with Gasteiger partial charge in [-0.1, -0.05) is 56.2 Å². The van der Waals surface area contributed by atoms with Crippen LogP contribution in [0.15, 0.2) is 36.5 Å². The van der Waals surface area contributed by atoms with Crippen LogP contribution in [0.1, 0.15) is 71.1 Å². The van der Waals surface area contributed by atoms with Gasteiger partial charge in [0.25, 0.3) is 0 Å². The molecule has 0 radical (unpaired) electrons. The van der Waals surface area contributed by atoms with Crippen molar-refractivity contribution in [1.29, 1.82) is 0 Å². The van der Waals surface area contributed by atoms with E-state index in [0.717, 1.165) is 32.0 Å². The van der Waals surface area contributed by atoms with E-state index in [1.807, 2.05) is 12.2 Å².